The summed E-state index contributed by atoms with van der Waals surface area (Å²) < 4.78 is 7.50. The lowest BCUT2D eigenvalue weighted by atomic mass is 9.91. The van der Waals surface area contributed by atoms with Crippen LogP contribution in [0.15, 0.2) is 370 Å². The standard InChI is InChI=1S/C94H61N5/c1-8-23-62(24-9-1)71-42-48-84-78(55-71)79-56-72(63-25-10-2-11-26-63)43-49-85(79)97(84)92-90(70-40-38-68(39-41-70)77-37-22-54-95-61-77)91(69-35-20-7-21-36-69)93(98-86-50-44-73(64-27-12-3-13-28-64)57-80(86)81-58-74(45-51-87(81)98)65-29-14-4-15-30-65)96-94(92)99-88-52-46-75(66-31-16-5-17-32-66)59-82(88)83-60-76(47-53-89(83)99)67-33-18-6-19-34-67/h1-61H. The predicted octanol–water partition coefficient (Wildman–Crippen LogP) is 24.8. The molecule has 19 rings (SSSR count). The minimum absolute atomic E-state index is 0.769. The van der Waals surface area contributed by atoms with Crippen molar-refractivity contribution in [3.05, 3.63) is 370 Å². The Labute approximate surface area is 573 Å². The third kappa shape index (κ3) is 9.86. The van der Waals surface area contributed by atoms with Crippen molar-refractivity contribution in [1.29, 1.82) is 0 Å². The van der Waals surface area contributed by atoms with Crippen molar-refractivity contribution in [3.63, 3.8) is 0 Å². The first-order valence-corrected chi connectivity index (χ1v) is 33.8. The number of pyridine rings is 2. The van der Waals surface area contributed by atoms with Crippen LogP contribution in [0.5, 0.6) is 0 Å². The zero-order chi connectivity index (χ0) is 65.3. The molecular formula is C94H61N5. The Morgan fingerprint density at radius 1 is 0.182 bits per heavy atom. The molecule has 14 aromatic carbocycles. The molecule has 0 fully saturated rings. The van der Waals surface area contributed by atoms with E-state index in [-0.39, 0.29) is 0 Å². The van der Waals surface area contributed by atoms with Gasteiger partial charge in [0.2, 0.25) is 0 Å². The van der Waals surface area contributed by atoms with Gasteiger partial charge in [0.05, 0.1) is 38.8 Å². The van der Waals surface area contributed by atoms with Crippen molar-refractivity contribution in [3.8, 4) is 117 Å². The summed E-state index contributed by atoms with van der Waals surface area (Å²) in [6.45, 7) is 0. The highest BCUT2D eigenvalue weighted by Gasteiger charge is 2.32. The van der Waals surface area contributed by atoms with Crippen molar-refractivity contribution >= 4 is 65.4 Å². The Kier molecular flexibility index (Phi) is 13.8. The molecule has 0 bridgehead atoms. The third-order valence-electron chi connectivity index (χ3n) is 20.0. The van der Waals surface area contributed by atoms with Gasteiger partial charge in [-0.05, 0) is 168 Å². The van der Waals surface area contributed by atoms with E-state index in [1.54, 1.807) is 0 Å². The lowest BCUT2D eigenvalue weighted by Gasteiger charge is -2.26. The normalized spacial score (nSPS) is 11.6. The molecular weight excluding hydrogens is 1200 g/mol. The molecule has 0 amide bonds. The molecule has 99 heavy (non-hydrogen) atoms. The highest BCUT2D eigenvalue weighted by molar-refractivity contribution is 6.17. The molecule has 5 nitrogen and oxygen atoms in total. The first-order valence-electron chi connectivity index (χ1n) is 33.8. The number of benzene rings is 14. The zero-order valence-electron chi connectivity index (χ0n) is 54.0. The van der Waals surface area contributed by atoms with Crippen molar-refractivity contribution in [1.82, 2.24) is 23.7 Å². The Hall–Kier alpha value is -13.2. The molecule has 0 radical (unpaired) electrons. The topological polar surface area (TPSA) is 40.6 Å². The second kappa shape index (κ2) is 23.9. The molecule has 462 valence electrons. The summed E-state index contributed by atoms with van der Waals surface area (Å²) in [6, 6.07) is 131. The summed E-state index contributed by atoms with van der Waals surface area (Å²) in [7, 11) is 0. The minimum atomic E-state index is 0.769. The van der Waals surface area contributed by atoms with Crippen LogP contribution < -0.4 is 0 Å². The molecule has 0 spiro atoms. The van der Waals surface area contributed by atoms with Crippen LogP contribution in [0.2, 0.25) is 0 Å². The van der Waals surface area contributed by atoms with Crippen molar-refractivity contribution in [2.24, 2.45) is 0 Å². The van der Waals surface area contributed by atoms with Crippen molar-refractivity contribution < 1.29 is 0 Å². The van der Waals surface area contributed by atoms with Gasteiger partial charge in [-0.2, -0.15) is 0 Å². The SMILES string of the molecule is c1ccc(-c2ccc3c(c2)c2cc(-c4ccccc4)ccc2n3-c2nc(-n3c4ccc(-c5ccccc5)cc4c4cc(-c5ccccc5)ccc43)c(-n3c4ccc(-c5ccccc5)cc4c4cc(-c5ccccc5)ccc43)c(-c3ccc(-c4cccnc4)cc3)c2-c2ccccc2)cc1. The molecule has 5 heterocycles. The smallest absolute Gasteiger partial charge is 0.165 e. The van der Waals surface area contributed by atoms with Crippen LogP contribution in [0.25, 0.3) is 183 Å². The summed E-state index contributed by atoms with van der Waals surface area (Å²) in [6.07, 6.45) is 3.79. The second-order valence-corrected chi connectivity index (χ2v) is 25.6. The first kappa shape index (κ1) is 57.2. The Morgan fingerprint density at radius 2 is 0.424 bits per heavy atom. The number of aromatic nitrogens is 5. The zero-order valence-corrected chi connectivity index (χ0v) is 54.0. The number of nitrogens with zero attached hydrogens (tertiary/aromatic N) is 5. The summed E-state index contributed by atoms with van der Waals surface area (Å²) >= 11 is 0. The van der Waals surface area contributed by atoms with Gasteiger partial charge < -0.3 is 4.57 Å². The molecule has 0 aliphatic rings. The van der Waals surface area contributed by atoms with Gasteiger partial charge in [0.15, 0.2) is 5.82 Å². The van der Waals surface area contributed by atoms with E-state index in [0.29, 0.717) is 0 Å². The molecule has 0 aliphatic carbocycles. The lowest BCUT2D eigenvalue weighted by molar-refractivity contribution is 0.987. The van der Waals surface area contributed by atoms with Crippen LogP contribution in [0.1, 0.15) is 0 Å². The molecule has 5 heteroatoms. The van der Waals surface area contributed by atoms with E-state index in [9.17, 15) is 0 Å². The van der Waals surface area contributed by atoms with Crippen LogP contribution in [0.3, 0.4) is 0 Å². The van der Waals surface area contributed by atoms with Gasteiger partial charge in [0, 0.05) is 55.8 Å². The molecule has 5 aromatic heterocycles. The fraction of sp³-hybridized carbons (Fsp3) is 0. The number of hydrogen-bond donors (Lipinski definition) is 0. The molecule has 0 unspecified atom stereocenters. The van der Waals surface area contributed by atoms with Gasteiger partial charge >= 0.3 is 0 Å². The predicted molar refractivity (Wildman–Crippen MR) is 414 cm³/mol. The van der Waals surface area contributed by atoms with E-state index in [1.807, 2.05) is 18.5 Å². The van der Waals surface area contributed by atoms with Crippen LogP contribution >= 0.6 is 0 Å². The minimum Gasteiger partial charge on any atom is -0.305 e. The average molecular weight is 1260 g/mol. The highest BCUT2D eigenvalue weighted by atomic mass is 15.2. The van der Waals surface area contributed by atoms with E-state index >= 15 is 0 Å². The largest absolute Gasteiger partial charge is 0.305 e. The highest BCUT2D eigenvalue weighted by Crippen LogP contribution is 2.51. The summed E-state index contributed by atoms with van der Waals surface area (Å²) in [4.78, 5) is 11.2. The van der Waals surface area contributed by atoms with Crippen LogP contribution in [0.4, 0.5) is 0 Å². The van der Waals surface area contributed by atoms with Gasteiger partial charge in [0.1, 0.15) is 5.82 Å². The fourth-order valence-corrected chi connectivity index (χ4v) is 15.2. The van der Waals surface area contributed by atoms with Gasteiger partial charge in [-0.15, -0.1) is 0 Å². The quantitative estimate of drug-likeness (QED) is 0.122. The average Bonchev–Trinajstić information content (AvgIpc) is 1.58. The van der Waals surface area contributed by atoms with E-state index in [4.69, 9.17) is 4.98 Å². The van der Waals surface area contributed by atoms with Gasteiger partial charge in [-0.1, -0.05) is 279 Å². The van der Waals surface area contributed by atoms with Crippen LogP contribution in [0, 0.1) is 0 Å². The summed E-state index contributed by atoms with van der Waals surface area (Å²) in [5, 5.41) is 6.76. The maximum absolute atomic E-state index is 6.60. The molecule has 0 N–H and O–H groups in total. The Bertz CT molecular complexity index is 5970. The number of rotatable bonds is 12. The van der Waals surface area contributed by atoms with Gasteiger partial charge in [-0.3, -0.25) is 14.1 Å². The van der Waals surface area contributed by atoms with E-state index < -0.39 is 0 Å². The number of hydrogen-bond acceptors (Lipinski definition) is 2. The fourth-order valence-electron chi connectivity index (χ4n) is 15.2. The van der Waals surface area contributed by atoms with Crippen molar-refractivity contribution in [2.45, 2.75) is 0 Å². The maximum Gasteiger partial charge on any atom is 0.165 e. The molecule has 0 saturated heterocycles. The van der Waals surface area contributed by atoms with E-state index in [1.165, 1.54) is 0 Å². The first-order chi connectivity index (χ1) is 49.1. The third-order valence-corrected chi connectivity index (χ3v) is 20.0. The van der Waals surface area contributed by atoms with Crippen LogP contribution in [-0.2, 0) is 0 Å². The van der Waals surface area contributed by atoms with E-state index in [2.05, 4.69) is 371 Å². The molecule has 0 atom stereocenters. The Balaban J connectivity index is 1.03. The monoisotopic (exact) mass is 1260 g/mol. The summed E-state index contributed by atoms with van der Waals surface area (Å²) in [5.74, 6) is 1.56. The van der Waals surface area contributed by atoms with Crippen molar-refractivity contribution in [2.75, 3.05) is 0 Å². The maximum atomic E-state index is 6.60. The van der Waals surface area contributed by atoms with E-state index in [0.717, 1.165) is 183 Å². The number of fused-ring (bicyclic) bond motifs is 9. The summed E-state index contributed by atoms with van der Waals surface area (Å²) in [5.41, 5.74) is 27.1. The molecule has 0 saturated carbocycles. The van der Waals surface area contributed by atoms with Gasteiger partial charge in [0.25, 0.3) is 0 Å². The van der Waals surface area contributed by atoms with Crippen LogP contribution in [-0.4, -0.2) is 23.7 Å². The second-order valence-electron chi connectivity index (χ2n) is 25.6. The molecule has 19 aromatic rings. The molecule has 0 aliphatic heterocycles. The lowest BCUT2D eigenvalue weighted by Crippen LogP contribution is -2.13. The van der Waals surface area contributed by atoms with Gasteiger partial charge in [-0.25, -0.2) is 4.98 Å². The Morgan fingerprint density at radius 3 is 0.727 bits per heavy atom.